The second kappa shape index (κ2) is 11.2. The van der Waals surface area contributed by atoms with Gasteiger partial charge >= 0.3 is 0 Å². The smallest absolute Gasteiger partial charge is 0.252 e. The van der Waals surface area contributed by atoms with E-state index in [0.717, 1.165) is 5.69 Å². The van der Waals surface area contributed by atoms with Gasteiger partial charge in [0, 0.05) is 64.1 Å². The summed E-state index contributed by atoms with van der Waals surface area (Å²) in [5.41, 5.74) is 13.9. The Labute approximate surface area is 315 Å². The summed E-state index contributed by atoms with van der Waals surface area (Å²) in [7, 11) is 0. The van der Waals surface area contributed by atoms with Crippen molar-refractivity contribution in [2.45, 2.75) is 0 Å². The molecule has 0 aliphatic carbocycles. The molecule has 0 saturated carbocycles. The quantitative estimate of drug-likeness (QED) is 0.169. The Kier molecular flexibility index (Phi) is 6.21. The summed E-state index contributed by atoms with van der Waals surface area (Å²) < 4.78 is 5.31. The van der Waals surface area contributed by atoms with Gasteiger partial charge in [-0.1, -0.05) is 121 Å². The van der Waals surface area contributed by atoms with Crippen LogP contribution in [0.4, 0.5) is 34.1 Å². The molecule has 0 amide bonds. The maximum absolute atomic E-state index is 2.53. The fourth-order valence-corrected chi connectivity index (χ4v) is 11.5. The molecule has 0 N–H and O–H groups in total. The molecule has 0 saturated heterocycles. The molecule has 8 aromatic carbocycles. The van der Waals surface area contributed by atoms with Gasteiger partial charge in [0.2, 0.25) is 0 Å². The molecular weight excluding hydrogens is 679 g/mol. The maximum Gasteiger partial charge on any atom is 0.252 e. The highest BCUT2D eigenvalue weighted by molar-refractivity contribution is 7.26. The Morgan fingerprint density at radius 2 is 0.849 bits per heavy atom. The monoisotopic (exact) mass is 708 g/mol. The van der Waals surface area contributed by atoms with Gasteiger partial charge in [-0.3, -0.25) is 0 Å². The van der Waals surface area contributed by atoms with Crippen LogP contribution in [0.1, 0.15) is 0 Å². The molecule has 0 radical (unpaired) electrons. The first kappa shape index (κ1) is 29.4. The molecule has 12 rings (SSSR count). The molecule has 2 aliphatic rings. The second-order valence-corrected chi connectivity index (χ2v) is 16.1. The number of fused-ring (bicyclic) bond motifs is 10. The van der Waals surface area contributed by atoms with E-state index in [9.17, 15) is 0 Å². The van der Waals surface area contributed by atoms with E-state index in [2.05, 4.69) is 186 Å². The van der Waals surface area contributed by atoms with Crippen molar-refractivity contribution in [1.29, 1.82) is 0 Å². The minimum absolute atomic E-state index is 0.118. The predicted molar refractivity (Wildman–Crippen MR) is 232 cm³/mol. The highest BCUT2D eigenvalue weighted by Crippen LogP contribution is 2.48. The molecule has 0 fully saturated rings. The third kappa shape index (κ3) is 4.15. The Hall–Kier alpha value is -6.14. The van der Waals surface area contributed by atoms with E-state index in [-0.39, 0.29) is 6.71 Å². The summed E-state index contributed by atoms with van der Waals surface area (Å²) >= 11 is 3.78. The summed E-state index contributed by atoms with van der Waals surface area (Å²) in [6.45, 7) is 0.118. The number of anilines is 6. The van der Waals surface area contributed by atoms with E-state index < -0.39 is 0 Å². The van der Waals surface area contributed by atoms with Crippen LogP contribution in [-0.2, 0) is 0 Å². The molecule has 2 aromatic heterocycles. The zero-order valence-electron chi connectivity index (χ0n) is 28.5. The lowest BCUT2D eigenvalue weighted by Crippen LogP contribution is -2.61. The van der Waals surface area contributed by atoms with Crippen LogP contribution in [0, 0.1) is 0 Å². The molecule has 4 heterocycles. The fourth-order valence-electron chi connectivity index (χ4n) is 9.05. The van der Waals surface area contributed by atoms with E-state index in [4.69, 9.17) is 0 Å². The van der Waals surface area contributed by atoms with Gasteiger partial charge in [-0.25, -0.2) is 0 Å². The van der Waals surface area contributed by atoms with Crippen LogP contribution in [0.3, 0.4) is 0 Å². The molecule has 53 heavy (non-hydrogen) atoms. The highest BCUT2D eigenvalue weighted by atomic mass is 32.1. The average Bonchev–Trinajstić information content (AvgIpc) is 3.80. The van der Waals surface area contributed by atoms with Gasteiger partial charge in [-0.2, -0.15) is 0 Å². The van der Waals surface area contributed by atoms with Gasteiger partial charge in [0.05, 0.1) is 10.4 Å². The normalized spacial score (nSPS) is 13.2. The average molecular weight is 709 g/mol. The van der Waals surface area contributed by atoms with Crippen LogP contribution in [-0.4, -0.2) is 6.71 Å². The molecule has 246 valence electrons. The van der Waals surface area contributed by atoms with Crippen molar-refractivity contribution in [3.05, 3.63) is 176 Å². The molecule has 10 aromatic rings. The number of nitrogens with zero attached hydrogens (tertiary/aromatic N) is 2. The first-order valence-electron chi connectivity index (χ1n) is 18.1. The van der Waals surface area contributed by atoms with E-state index in [0.29, 0.717) is 0 Å². The lowest BCUT2D eigenvalue weighted by atomic mass is 9.33. The third-order valence-corrected chi connectivity index (χ3v) is 13.7. The van der Waals surface area contributed by atoms with Crippen LogP contribution in [0.2, 0.25) is 0 Å². The Balaban J connectivity index is 1.06. The fraction of sp³-hybridized carbons (Fsp3) is 0. The molecule has 0 unspecified atom stereocenters. The Morgan fingerprint density at radius 1 is 0.358 bits per heavy atom. The standard InChI is InChI=1S/C48H29BN2S2/c1-7-24-44-33(12-1)35-15-9-14-32(47(35)52-44)30-26-28-31(29-27-30)50-39-19-5-3-17-37(39)49-38-18-4-6-20-40(38)51(42-22-11-21-41(50)46(42)49)43-23-10-16-36-34-13-2-8-25-45(34)53-48(36)43/h1-29H. The van der Waals surface area contributed by atoms with E-state index in [1.54, 1.807) is 0 Å². The zero-order chi connectivity index (χ0) is 34.6. The van der Waals surface area contributed by atoms with Crippen LogP contribution in [0.5, 0.6) is 0 Å². The minimum Gasteiger partial charge on any atom is -0.311 e. The summed E-state index contributed by atoms with van der Waals surface area (Å²) in [6, 6.07) is 65.3. The van der Waals surface area contributed by atoms with Crippen molar-refractivity contribution in [2.24, 2.45) is 0 Å². The topological polar surface area (TPSA) is 6.48 Å². The minimum atomic E-state index is 0.118. The van der Waals surface area contributed by atoms with Gasteiger partial charge in [0.1, 0.15) is 0 Å². The lowest BCUT2D eigenvalue weighted by Gasteiger charge is -2.44. The molecule has 0 spiro atoms. The van der Waals surface area contributed by atoms with Crippen molar-refractivity contribution < 1.29 is 0 Å². The first-order chi connectivity index (χ1) is 26.3. The third-order valence-electron chi connectivity index (χ3n) is 11.3. The number of rotatable bonds is 3. The summed E-state index contributed by atoms with van der Waals surface area (Å²) in [4.78, 5) is 5.02. The van der Waals surface area contributed by atoms with Crippen LogP contribution >= 0.6 is 22.7 Å². The number of benzene rings is 8. The van der Waals surface area contributed by atoms with Gasteiger partial charge in [-0.05, 0) is 82.1 Å². The number of hydrogen-bond acceptors (Lipinski definition) is 4. The lowest BCUT2D eigenvalue weighted by molar-refractivity contribution is 1.26. The summed E-state index contributed by atoms with van der Waals surface area (Å²) in [5, 5.41) is 5.29. The van der Waals surface area contributed by atoms with Crippen LogP contribution in [0.15, 0.2) is 176 Å². The van der Waals surface area contributed by atoms with Crippen molar-refractivity contribution in [3.8, 4) is 11.1 Å². The summed E-state index contributed by atoms with van der Waals surface area (Å²) in [5.74, 6) is 0. The SMILES string of the molecule is c1ccc2c(c1)B1c3ccccc3N(c3cccc4c3sc3ccccc34)c3cccc(c31)N2c1ccc(-c2cccc3c2sc2ccccc23)cc1. The van der Waals surface area contributed by atoms with Crippen LogP contribution < -0.4 is 26.2 Å². The van der Waals surface area contributed by atoms with Crippen molar-refractivity contribution >= 4 is 120 Å². The highest BCUT2D eigenvalue weighted by Gasteiger charge is 2.43. The molecule has 2 aliphatic heterocycles. The molecule has 0 bridgehead atoms. The van der Waals surface area contributed by atoms with Crippen LogP contribution in [0.25, 0.3) is 51.5 Å². The zero-order valence-corrected chi connectivity index (χ0v) is 30.2. The molecule has 5 heteroatoms. The number of hydrogen-bond donors (Lipinski definition) is 0. The Bertz CT molecular complexity index is 3100. The van der Waals surface area contributed by atoms with E-state index in [1.807, 2.05) is 22.7 Å². The van der Waals surface area contributed by atoms with Gasteiger partial charge in [-0.15, -0.1) is 22.7 Å². The largest absolute Gasteiger partial charge is 0.311 e. The van der Waals surface area contributed by atoms with Gasteiger partial charge in [0.25, 0.3) is 6.71 Å². The second-order valence-electron chi connectivity index (χ2n) is 14.0. The Morgan fingerprint density at radius 3 is 1.57 bits per heavy atom. The number of thiophene rings is 2. The van der Waals surface area contributed by atoms with E-state index in [1.165, 1.54) is 96.3 Å². The predicted octanol–water partition coefficient (Wildman–Crippen LogP) is 12.2. The van der Waals surface area contributed by atoms with Gasteiger partial charge < -0.3 is 9.80 Å². The molecule has 2 nitrogen and oxygen atoms in total. The molecular formula is C48H29BN2S2. The van der Waals surface area contributed by atoms with E-state index >= 15 is 0 Å². The van der Waals surface area contributed by atoms with Crippen molar-refractivity contribution in [3.63, 3.8) is 0 Å². The summed E-state index contributed by atoms with van der Waals surface area (Å²) in [6.07, 6.45) is 0. The van der Waals surface area contributed by atoms with Crippen molar-refractivity contribution in [1.82, 2.24) is 0 Å². The number of para-hydroxylation sites is 2. The van der Waals surface area contributed by atoms with Gasteiger partial charge in [0.15, 0.2) is 0 Å². The first-order valence-corrected chi connectivity index (χ1v) is 19.8. The maximum atomic E-state index is 2.53. The van der Waals surface area contributed by atoms with Crippen molar-refractivity contribution in [2.75, 3.05) is 9.80 Å². The molecule has 0 atom stereocenters.